The molecule has 1 atom stereocenters. The maximum absolute atomic E-state index is 13.7. The summed E-state index contributed by atoms with van der Waals surface area (Å²) in [5.41, 5.74) is 4.19. The van der Waals surface area contributed by atoms with E-state index in [4.69, 9.17) is 0 Å². The van der Waals surface area contributed by atoms with Gasteiger partial charge in [0, 0.05) is 12.2 Å². The van der Waals surface area contributed by atoms with E-state index in [0.29, 0.717) is 28.4 Å². The van der Waals surface area contributed by atoms with Gasteiger partial charge in [0.1, 0.15) is 5.25 Å². The van der Waals surface area contributed by atoms with E-state index in [9.17, 15) is 9.59 Å². The number of hydrogen-bond donors (Lipinski definition) is 1. The van der Waals surface area contributed by atoms with Crippen LogP contribution in [0.2, 0.25) is 0 Å². The molecule has 0 aliphatic rings. The standard InChI is InChI=1S/C28H25N5O2S/c1-4-16-32-26(35)21-12-8-9-13-23(21)33-27(32)30-31-28(33)36-24(20-10-6-5-7-11-20)25(34)29-22-17-18(2)14-15-19(22)3/h4-15,17,24H,1,16H2,2-3H3,(H,29,34)/t24-/m1/s1. The number of carbonyl (C=O) groups excluding carboxylic acids is 1. The van der Waals surface area contributed by atoms with Gasteiger partial charge in [-0.25, -0.2) is 0 Å². The van der Waals surface area contributed by atoms with Gasteiger partial charge >= 0.3 is 0 Å². The van der Waals surface area contributed by atoms with Crippen LogP contribution >= 0.6 is 11.8 Å². The fourth-order valence-corrected chi connectivity index (χ4v) is 5.22. The highest BCUT2D eigenvalue weighted by Gasteiger charge is 2.26. The van der Waals surface area contributed by atoms with Gasteiger partial charge in [-0.1, -0.05) is 72.4 Å². The highest BCUT2D eigenvalue weighted by molar-refractivity contribution is 8.00. The quantitative estimate of drug-likeness (QED) is 0.244. The Balaban J connectivity index is 1.63. The third kappa shape index (κ3) is 4.31. The van der Waals surface area contributed by atoms with E-state index in [1.165, 1.54) is 11.8 Å². The predicted octanol–water partition coefficient (Wildman–Crippen LogP) is 5.32. The highest BCUT2D eigenvalue weighted by Crippen LogP contribution is 2.36. The lowest BCUT2D eigenvalue weighted by atomic mass is 10.1. The SMILES string of the molecule is C=CCn1c(=O)c2ccccc2n2c(S[C@@H](C(=O)Nc3cc(C)ccc3C)c3ccccc3)nnc12. The second-order valence-corrected chi connectivity index (χ2v) is 9.63. The molecule has 3 aromatic carbocycles. The van der Waals surface area contributed by atoms with Gasteiger partial charge in [-0.15, -0.1) is 16.8 Å². The Bertz CT molecular complexity index is 1660. The van der Waals surface area contributed by atoms with Gasteiger partial charge in [-0.2, -0.15) is 0 Å². The molecule has 2 aromatic heterocycles. The Kier molecular flexibility index (Phi) is 6.43. The molecule has 2 heterocycles. The minimum atomic E-state index is -0.600. The fraction of sp³-hybridized carbons (Fsp3) is 0.143. The number of benzene rings is 3. The van der Waals surface area contributed by atoms with E-state index < -0.39 is 5.25 Å². The lowest BCUT2D eigenvalue weighted by Gasteiger charge is -2.18. The number of para-hydroxylation sites is 1. The van der Waals surface area contributed by atoms with Gasteiger partial charge < -0.3 is 5.32 Å². The number of thioether (sulfide) groups is 1. The van der Waals surface area contributed by atoms with Crippen LogP contribution in [0.4, 0.5) is 5.69 Å². The summed E-state index contributed by atoms with van der Waals surface area (Å²) in [6, 6.07) is 22.9. The molecule has 0 bridgehead atoms. The molecule has 0 unspecified atom stereocenters. The summed E-state index contributed by atoms with van der Waals surface area (Å²) in [5, 5.41) is 12.3. The Morgan fingerprint density at radius 3 is 2.58 bits per heavy atom. The molecule has 5 rings (SSSR count). The Morgan fingerprint density at radius 1 is 1.06 bits per heavy atom. The van der Waals surface area contributed by atoms with Crippen molar-refractivity contribution in [2.75, 3.05) is 5.32 Å². The number of aromatic nitrogens is 4. The summed E-state index contributed by atoms with van der Waals surface area (Å²) >= 11 is 1.30. The molecule has 0 fully saturated rings. The van der Waals surface area contributed by atoms with Crippen molar-refractivity contribution in [1.29, 1.82) is 0 Å². The van der Waals surface area contributed by atoms with Crippen LogP contribution in [0.3, 0.4) is 0 Å². The molecule has 180 valence electrons. The highest BCUT2D eigenvalue weighted by atomic mass is 32.2. The summed E-state index contributed by atoms with van der Waals surface area (Å²) in [7, 11) is 0. The molecule has 0 saturated carbocycles. The monoisotopic (exact) mass is 495 g/mol. The first-order valence-electron chi connectivity index (χ1n) is 11.5. The van der Waals surface area contributed by atoms with Gasteiger partial charge in [-0.05, 0) is 48.7 Å². The maximum Gasteiger partial charge on any atom is 0.263 e. The van der Waals surface area contributed by atoms with Crippen LogP contribution in [0, 0.1) is 13.8 Å². The summed E-state index contributed by atoms with van der Waals surface area (Å²) in [6.07, 6.45) is 1.65. The zero-order valence-electron chi connectivity index (χ0n) is 20.0. The molecule has 1 N–H and O–H groups in total. The van der Waals surface area contributed by atoms with Gasteiger partial charge in [0.25, 0.3) is 5.56 Å². The molecule has 8 heteroatoms. The van der Waals surface area contributed by atoms with E-state index in [-0.39, 0.29) is 11.5 Å². The Labute approximate surface area is 212 Å². The van der Waals surface area contributed by atoms with Crippen LogP contribution in [-0.2, 0) is 11.3 Å². The van der Waals surface area contributed by atoms with Gasteiger partial charge in [0.05, 0.1) is 10.9 Å². The minimum Gasteiger partial charge on any atom is -0.325 e. The number of carbonyl (C=O) groups is 1. The maximum atomic E-state index is 13.7. The van der Waals surface area contributed by atoms with E-state index in [0.717, 1.165) is 22.4 Å². The zero-order valence-corrected chi connectivity index (χ0v) is 20.8. The molecule has 0 aliphatic carbocycles. The number of nitrogens with one attached hydrogen (secondary N) is 1. The third-order valence-corrected chi connectivity index (χ3v) is 7.20. The zero-order chi connectivity index (χ0) is 25.2. The first kappa shape index (κ1) is 23.6. The number of allylic oxidation sites excluding steroid dienone is 1. The largest absolute Gasteiger partial charge is 0.325 e. The number of anilines is 1. The summed E-state index contributed by atoms with van der Waals surface area (Å²) in [6.45, 7) is 8.04. The smallest absolute Gasteiger partial charge is 0.263 e. The number of nitrogens with zero attached hydrogens (tertiary/aromatic N) is 4. The second kappa shape index (κ2) is 9.83. The average Bonchev–Trinajstić information content (AvgIpc) is 3.31. The molecule has 1 amide bonds. The van der Waals surface area contributed by atoms with Crippen LogP contribution in [0.1, 0.15) is 21.9 Å². The van der Waals surface area contributed by atoms with Crippen molar-refractivity contribution in [3.8, 4) is 0 Å². The molecule has 5 aromatic rings. The van der Waals surface area contributed by atoms with Crippen molar-refractivity contribution < 1.29 is 4.79 Å². The first-order valence-corrected chi connectivity index (χ1v) is 12.4. The third-order valence-electron chi connectivity index (χ3n) is 6.00. The molecular formula is C28H25N5O2S. The van der Waals surface area contributed by atoms with Gasteiger partial charge in [0.2, 0.25) is 11.7 Å². The lowest BCUT2D eigenvalue weighted by molar-refractivity contribution is -0.115. The van der Waals surface area contributed by atoms with Crippen LogP contribution in [0.5, 0.6) is 0 Å². The molecular weight excluding hydrogens is 470 g/mol. The number of fused-ring (bicyclic) bond motifs is 3. The van der Waals surface area contributed by atoms with Crippen LogP contribution < -0.4 is 10.9 Å². The number of amides is 1. The topological polar surface area (TPSA) is 81.3 Å². The van der Waals surface area contributed by atoms with Crippen LogP contribution in [0.25, 0.3) is 16.7 Å². The fourth-order valence-electron chi connectivity index (χ4n) is 4.18. The average molecular weight is 496 g/mol. The van der Waals surface area contributed by atoms with Gasteiger partial charge in [0.15, 0.2) is 5.16 Å². The lowest BCUT2D eigenvalue weighted by Crippen LogP contribution is -2.23. The number of hydrogen-bond acceptors (Lipinski definition) is 5. The van der Waals surface area contributed by atoms with Crippen molar-refractivity contribution in [3.63, 3.8) is 0 Å². The van der Waals surface area contributed by atoms with Crippen molar-refractivity contribution in [2.24, 2.45) is 0 Å². The molecule has 0 radical (unpaired) electrons. The molecule has 7 nitrogen and oxygen atoms in total. The summed E-state index contributed by atoms with van der Waals surface area (Å²) in [4.78, 5) is 26.8. The van der Waals surface area contributed by atoms with E-state index in [1.54, 1.807) is 16.7 Å². The molecule has 0 spiro atoms. The molecule has 0 saturated heterocycles. The summed E-state index contributed by atoms with van der Waals surface area (Å²) < 4.78 is 3.38. The number of aryl methyl sites for hydroxylation is 2. The minimum absolute atomic E-state index is 0.158. The van der Waals surface area contributed by atoms with E-state index in [1.807, 2.05) is 85.0 Å². The van der Waals surface area contributed by atoms with Crippen molar-refractivity contribution in [2.45, 2.75) is 30.8 Å². The van der Waals surface area contributed by atoms with Crippen LogP contribution in [0.15, 0.2) is 95.4 Å². The Hall–Kier alpha value is -4.17. The van der Waals surface area contributed by atoms with Crippen molar-refractivity contribution >= 4 is 40.0 Å². The van der Waals surface area contributed by atoms with E-state index in [2.05, 4.69) is 22.1 Å². The van der Waals surface area contributed by atoms with Gasteiger partial charge in [-0.3, -0.25) is 18.6 Å². The predicted molar refractivity (Wildman–Crippen MR) is 145 cm³/mol. The van der Waals surface area contributed by atoms with Crippen LogP contribution in [-0.4, -0.2) is 25.1 Å². The normalized spacial score (nSPS) is 12.1. The van der Waals surface area contributed by atoms with E-state index >= 15 is 0 Å². The number of rotatable bonds is 7. The molecule has 0 aliphatic heterocycles. The van der Waals surface area contributed by atoms with Crippen molar-refractivity contribution in [3.05, 3.63) is 112 Å². The summed E-state index contributed by atoms with van der Waals surface area (Å²) in [5.74, 6) is 0.239. The molecule has 36 heavy (non-hydrogen) atoms. The second-order valence-electron chi connectivity index (χ2n) is 8.56. The van der Waals surface area contributed by atoms with Crippen molar-refractivity contribution in [1.82, 2.24) is 19.2 Å². The first-order chi connectivity index (χ1) is 17.5. The Morgan fingerprint density at radius 2 is 1.81 bits per heavy atom.